The van der Waals surface area contributed by atoms with E-state index in [0.29, 0.717) is 23.2 Å². The predicted octanol–water partition coefficient (Wildman–Crippen LogP) is 2.12. The number of ether oxygens (including phenoxy) is 1. The highest BCUT2D eigenvalue weighted by molar-refractivity contribution is 6.31. The van der Waals surface area contributed by atoms with Crippen molar-refractivity contribution < 1.29 is 9.53 Å². The lowest BCUT2D eigenvalue weighted by Gasteiger charge is -2.17. The molecule has 1 aliphatic carbocycles. The molecule has 0 N–H and O–H groups in total. The van der Waals surface area contributed by atoms with Gasteiger partial charge in [0, 0.05) is 37.3 Å². The summed E-state index contributed by atoms with van der Waals surface area (Å²) in [6.45, 7) is 1.47. The fraction of sp³-hybridized carbons (Fsp3) is 0.538. The molecular formula is C13H15ClN2O2. The van der Waals surface area contributed by atoms with Gasteiger partial charge in [0.1, 0.15) is 16.9 Å². The van der Waals surface area contributed by atoms with Crippen LogP contribution in [0.15, 0.2) is 18.5 Å². The third-order valence-electron chi connectivity index (χ3n) is 3.41. The van der Waals surface area contributed by atoms with Crippen LogP contribution in [-0.2, 0) is 4.79 Å². The minimum absolute atomic E-state index is 0.0487. The Labute approximate surface area is 111 Å². The molecule has 18 heavy (non-hydrogen) atoms. The molecule has 1 saturated carbocycles. The van der Waals surface area contributed by atoms with E-state index in [1.54, 1.807) is 18.5 Å². The van der Waals surface area contributed by atoms with E-state index in [1.165, 1.54) is 0 Å². The molecule has 1 saturated heterocycles. The number of hydrogen-bond donors (Lipinski definition) is 0. The largest absolute Gasteiger partial charge is 0.487 e. The fourth-order valence-electron chi connectivity index (χ4n) is 2.25. The zero-order chi connectivity index (χ0) is 12.5. The molecule has 2 aliphatic rings. The van der Waals surface area contributed by atoms with Crippen LogP contribution in [0.1, 0.15) is 19.3 Å². The molecule has 0 radical (unpaired) electrons. The molecule has 0 unspecified atom stereocenters. The summed E-state index contributed by atoms with van der Waals surface area (Å²) in [6, 6.07) is 1.76. The number of pyridine rings is 1. The molecule has 1 aliphatic heterocycles. The van der Waals surface area contributed by atoms with Gasteiger partial charge in [-0.2, -0.15) is 0 Å². The third kappa shape index (κ3) is 2.43. The van der Waals surface area contributed by atoms with Crippen molar-refractivity contribution in [1.82, 2.24) is 9.88 Å². The first-order chi connectivity index (χ1) is 8.74. The molecule has 0 spiro atoms. The predicted molar refractivity (Wildman–Crippen MR) is 67.6 cm³/mol. The van der Waals surface area contributed by atoms with Gasteiger partial charge in [0.05, 0.1) is 6.54 Å². The Morgan fingerprint density at radius 2 is 2.28 bits per heavy atom. The van der Waals surface area contributed by atoms with E-state index in [-0.39, 0.29) is 12.0 Å². The molecule has 3 rings (SSSR count). The maximum atomic E-state index is 11.9. The Kier molecular flexibility index (Phi) is 3.12. The van der Waals surface area contributed by atoms with E-state index in [2.05, 4.69) is 4.98 Å². The van der Waals surface area contributed by atoms with Crippen LogP contribution in [-0.4, -0.2) is 35.0 Å². The zero-order valence-corrected chi connectivity index (χ0v) is 10.8. The average Bonchev–Trinajstić information content (AvgIpc) is 3.12. The second-order valence-corrected chi connectivity index (χ2v) is 5.30. The number of likely N-dealkylation sites (tertiary alicyclic amines) is 1. The molecule has 4 nitrogen and oxygen atoms in total. The summed E-state index contributed by atoms with van der Waals surface area (Å²) >= 11 is 5.99. The van der Waals surface area contributed by atoms with Crippen molar-refractivity contribution in [3.8, 4) is 5.75 Å². The van der Waals surface area contributed by atoms with Gasteiger partial charge in [-0.15, -0.1) is 0 Å². The van der Waals surface area contributed by atoms with E-state index in [0.717, 1.165) is 25.8 Å². The monoisotopic (exact) mass is 266 g/mol. The Morgan fingerprint density at radius 3 is 3.00 bits per heavy atom. The van der Waals surface area contributed by atoms with Gasteiger partial charge in [-0.1, -0.05) is 11.6 Å². The minimum atomic E-state index is 0.0487. The second kappa shape index (κ2) is 4.76. The summed E-state index contributed by atoms with van der Waals surface area (Å²) in [5, 5.41) is 0.518. The van der Waals surface area contributed by atoms with Crippen LogP contribution in [0.4, 0.5) is 0 Å². The highest BCUT2D eigenvalue weighted by atomic mass is 35.5. The summed E-state index contributed by atoms with van der Waals surface area (Å²) < 4.78 is 5.82. The standard InChI is InChI=1S/C13H15ClN2O2/c14-11-7-15-5-3-12(11)18-10-4-6-16(8-10)13(17)9-1-2-9/h3,5,7,9-10H,1-2,4,6,8H2/t10-/m1/s1. The Bertz CT molecular complexity index is 462. The van der Waals surface area contributed by atoms with Crippen LogP contribution in [0.25, 0.3) is 0 Å². The van der Waals surface area contributed by atoms with Crippen molar-refractivity contribution in [2.24, 2.45) is 5.92 Å². The van der Waals surface area contributed by atoms with Crippen molar-refractivity contribution in [2.45, 2.75) is 25.4 Å². The number of carbonyl (C=O) groups is 1. The SMILES string of the molecule is O=C(C1CC1)N1CC[C@@H](Oc2ccncc2Cl)C1. The number of carbonyl (C=O) groups excluding carboxylic acids is 1. The quantitative estimate of drug-likeness (QED) is 0.842. The van der Waals surface area contributed by atoms with Crippen molar-refractivity contribution in [1.29, 1.82) is 0 Å². The molecule has 0 bridgehead atoms. The van der Waals surface area contributed by atoms with Gasteiger partial charge < -0.3 is 9.64 Å². The Balaban J connectivity index is 1.59. The second-order valence-electron chi connectivity index (χ2n) is 4.89. The lowest BCUT2D eigenvalue weighted by molar-refractivity contribution is -0.131. The van der Waals surface area contributed by atoms with Crippen LogP contribution in [0.2, 0.25) is 5.02 Å². The van der Waals surface area contributed by atoms with Crippen LogP contribution < -0.4 is 4.74 Å². The van der Waals surface area contributed by atoms with Gasteiger partial charge in [-0.05, 0) is 12.8 Å². The van der Waals surface area contributed by atoms with Gasteiger partial charge in [0.2, 0.25) is 5.91 Å². The van der Waals surface area contributed by atoms with E-state index in [9.17, 15) is 4.79 Å². The molecule has 1 amide bonds. The number of rotatable bonds is 3. The first-order valence-corrected chi connectivity index (χ1v) is 6.67. The lowest BCUT2D eigenvalue weighted by atomic mass is 10.3. The maximum absolute atomic E-state index is 11.9. The molecule has 1 aromatic rings. The molecule has 2 heterocycles. The molecular weight excluding hydrogens is 252 g/mol. The van der Waals surface area contributed by atoms with E-state index >= 15 is 0 Å². The zero-order valence-electron chi connectivity index (χ0n) is 10.0. The van der Waals surface area contributed by atoms with Gasteiger partial charge in [0.15, 0.2) is 0 Å². The van der Waals surface area contributed by atoms with Crippen molar-refractivity contribution in [3.63, 3.8) is 0 Å². The first-order valence-electron chi connectivity index (χ1n) is 6.29. The van der Waals surface area contributed by atoms with Gasteiger partial charge in [-0.25, -0.2) is 0 Å². The van der Waals surface area contributed by atoms with Crippen LogP contribution in [0.5, 0.6) is 5.75 Å². The summed E-state index contributed by atoms with van der Waals surface area (Å²) in [5.74, 6) is 1.23. The third-order valence-corrected chi connectivity index (χ3v) is 3.70. The van der Waals surface area contributed by atoms with Gasteiger partial charge in [-0.3, -0.25) is 9.78 Å². The van der Waals surface area contributed by atoms with Gasteiger partial charge >= 0.3 is 0 Å². The number of hydrogen-bond acceptors (Lipinski definition) is 3. The summed E-state index contributed by atoms with van der Waals surface area (Å²) in [5.41, 5.74) is 0. The highest BCUT2D eigenvalue weighted by Gasteiger charge is 2.37. The van der Waals surface area contributed by atoms with Gasteiger partial charge in [0.25, 0.3) is 0 Å². The average molecular weight is 267 g/mol. The molecule has 2 fully saturated rings. The number of nitrogens with zero attached hydrogens (tertiary/aromatic N) is 2. The fourth-order valence-corrected chi connectivity index (χ4v) is 2.41. The number of aromatic nitrogens is 1. The van der Waals surface area contributed by atoms with Crippen molar-refractivity contribution >= 4 is 17.5 Å². The first kappa shape index (κ1) is 11.8. The van der Waals surface area contributed by atoms with Crippen LogP contribution in [0.3, 0.4) is 0 Å². The number of halogens is 1. The minimum Gasteiger partial charge on any atom is -0.487 e. The topological polar surface area (TPSA) is 42.4 Å². The molecule has 1 atom stereocenters. The van der Waals surface area contributed by atoms with E-state index < -0.39 is 0 Å². The maximum Gasteiger partial charge on any atom is 0.225 e. The molecule has 0 aromatic carbocycles. The Hall–Kier alpha value is -1.29. The lowest BCUT2D eigenvalue weighted by Crippen LogP contribution is -2.31. The molecule has 96 valence electrons. The molecule has 1 aromatic heterocycles. The highest BCUT2D eigenvalue weighted by Crippen LogP contribution is 2.33. The van der Waals surface area contributed by atoms with E-state index in [1.807, 2.05) is 4.90 Å². The van der Waals surface area contributed by atoms with Crippen molar-refractivity contribution in [3.05, 3.63) is 23.5 Å². The summed E-state index contributed by atoms with van der Waals surface area (Å²) in [7, 11) is 0. The van der Waals surface area contributed by atoms with E-state index in [4.69, 9.17) is 16.3 Å². The smallest absolute Gasteiger partial charge is 0.225 e. The normalized spacial score (nSPS) is 23.2. The van der Waals surface area contributed by atoms with Crippen molar-refractivity contribution in [2.75, 3.05) is 13.1 Å². The van der Waals surface area contributed by atoms with Crippen LogP contribution >= 0.6 is 11.6 Å². The molecule has 5 heteroatoms. The number of amides is 1. The summed E-state index contributed by atoms with van der Waals surface area (Å²) in [6.07, 6.45) is 6.25. The Morgan fingerprint density at radius 1 is 1.44 bits per heavy atom. The van der Waals surface area contributed by atoms with Crippen LogP contribution in [0, 0.1) is 5.92 Å². The summed E-state index contributed by atoms with van der Waals surface area (Å²) in [4.78, 5) is 17.7.